The van der Waals surface area contributed by atoms with Gasteiger partial charge in [-0.1, -0.05) is 91.7 Å². The zero-order chi connectivity index (χ0) is 31.6. The van der Waals surface area contributed by atoms with Crippen molar-refractivity contribution in [2.24, 2.45) is 11.3 Å². The number of esters is 1. The van der Waals surface area contributed by atoms with E-state index >= 15 is 0 Å². The molecule has 2 aliphatic rings. The molecule has 5 rings (SSSR count). The Hall–Kier alpha value is -4.46. The van der Waals surface area contributed by atoms with Crippen molar-refractivity contribution >= 4 is 29.4 Å². The van der Waals surface area contributed by atoms with Gasteiger partial charge in [-0.15, -0.1) is 0 Å². The predicted octanol–water partition coefficient (Wildman–Crippen LogP) is 5.87. The van der Waals surface area contributed by atoms with E-state index in [0.717, 1.165) is 42.4 Å². The van der Waals surface area contributed by atoms with Crippen LogP contribution in [0.3, 0.4) is 0 Å². The molecule has 0 saturated heterocycles. The summed E-state index contributed by atoms with van der Waals surface area (Å²) in [5.74, 6) is -2.52. The number of anilines is 1. The number of nitrogens with one attached hydrogen (secondary N) is 1. The van der Waals surface area contributed by atoms with Crippen LogP contribution in [0.5, 0.6) is 0 Å². The number of fused-ring (bicyclic) bond motifs is 1. The molecule has 45 heavy (non-hydrogen) atoms. The van der Waals surface area contributed by atoms with Crippen LogP contribution >= 0.6 is 0 Å². The van der Waals surface area contributed by atoms with Crippen LogP contribution in [0.2, 0.25) is 0 Å². The van der Waals surface area contributed by atoms with Gasteiger partial charge in [-0.2, -0.15) is 0 Å². The summed E-state index contributed by atoms with van der Waals surface area (Å²) in [5, 5.41) is 13.1. The Balaban J connectivity index is 1.24. The molecule has 0 aromatic heterocycles. The highest BCUT2D eigenvalue weighted by molar-refractivity contribution is 6.03. The Morgan fingerprint density at radius 1 is 0.911 bits per heavy atom. The number of aryl methyl sites for hydroxylation is 2. The Bertz CT molecular complexity index is 1470. The van der Waals surface area contributed by atoms with Crippen molar-refractivity contribution in [3.63, 3.8) is 0 Å². The van der Waals surface area contributed by atoms with Gasteiger partial charge >= 0.3 is 11.9 Å². The molecule has 1 aliphatic heterocycles. The fraction of sp³-hybridized carbons (Fsp3) is 0.405. The molecule has 1 saturated carbocycles. The third-order valence-corrected chi connectivity index (χ3v) is 9.27. The van der Waals surface area contributed by atoms with Crippen molar-refractivity contribution in [1.82, 2.24) is 5.32 Å². The standard InChI is InChI=1S/C37H42N2O6/c40-33(24-37(21-9-10-22-37)23-30(36(43)44)18-17-27-11-3-1-4-12-27)38-31-20-19-29-15-7-8-16-32(29)39(35(31)42)25-34(41)45-26-28-13-5-2-6-14-28/h1-8,11-16,30-31H,9-10,17-26H2,(H,38,40)(H,43,44). The Labute approximate surface area is 264 Å². The zero-order valence-electron chi connectivity index (χ0n) is 25.7. The summed E-state index contributed by atoms with van der Waals surface area (Å²) in [4.78, 5) is 54.1. The van der Waals surface area contributed by atoms with Crippen molar-refractivity contribution in [3.8, 4) is 0 Å². The smallest absolute Gasteiger partial charge is 0.326 e. The van der Waals surface area contributed by atoms with E-state index in [-0.39, 0.29) is 31.4 Å². The number of benzene rings is 3. The fourth-order valence-electron chi connectivity index (χ4n) is 6.91. The third kappa shape index (κ3) is 8.59. The maximum Gasteiger partial charge on any atom is 0.326 e. The van der Waals surface area contributed by atoms with E-state index < -0.39 is 29.3 Å². The van der Waals surface area contributed by atoms with Crippen molar-refractivity contribution < 1.29 is 29.0 Å². The van der Waals surface area contributed by atoms with Crippen LogP contribution in [0.25, 0.3) is 0 Å². The summed E-state index contributed by atoms with van der Waals surface area (Å²) in [7, 11) is 0. The van der Waals surface area contributed by atoms with Crippen molar-refractivity contribution in [2.45, 2.75) is 76.9 Å². The Kier molecular flexibility index (Phi) is 10.7. The quantitative estimate of drug-likeness (QED) is 0.234. The normalized spacial score (nSPS) is 18.0. The van der Waals surface area contributed by atoms with E-state index in [1.807, 2.05) is 84.9 Å². The summed E-state index contributed by atoms with van der Waals surface area (Å²) >= 11 is 0. The van der Waals surface area contributed by atoms with E-state index in [9.17, 15) is 24.3 Å². The maximum absolute atomic E-state index is 13.9. The largest absolute Gasteiger partial charge is 0.481 e. The molecule has 2 unspecified atom stereocenters. The highest BCUT2D eigenvalue weighted by Gasteiger charge is 2.41. The van der Waals surface area contributed by atoms with Gasteiger partial charge in [-0.3, -0.25) is 24.1 Å². The lowest BCUT2D eigenvalue weighted by molar-refractivity contribution is -0.145. The maximum atomic E-state index is 13.9. The van der Waals surface area contributed by atoms with E-state index in [0.29, 0.717) is 37.8 Å². The summed E-state index contributed by atoms with van der Waals surface area (Å²) in [6.07, 6.45) is 6.25. The van der Waals surface area contributed by atoms with Gasteiger partial charge in [0.2, 0.25) is 11.8 Å². The summed E-state index contributed by atoms with van der Waals surface area (Å²) in [6.45, 7) is -0.158. The molecule has 3 aromatic carbocycles. The number of rotatable bonds is 13. The first-order chi connectivity index (χ1) is 21.8. The van der Waals surface area contributed by atoms with Crippen molar-refractivity contribution in [1.29, 1.82) is 0 Å². The molecular weight excluding hydrogens is 568 g/mol. The average Bonchev–Trinajstić information content (AvgIpc) is 3.46. The molecule has 1 fully saturated rings. The van der Waals surface area contributed by atoms with Crippen LogP contribution in [0, 0.1) is 11.3 Å². The van der Waals surface area contributed by atoms with Crippen LogP contribution < -0.4 is 10.2 Å². The van der Waals surface area contributed by atoms with Gasteiger partial charge in [0.1, 0.15) is 19.2 Å². The molecule has 1 aliphatic carbocycles. The first-order valence-corrected chi connectivity index (χ1v) is 16.0. The molecule has 0 bridgehead atoms. The number of carbonyl (C=O) groups is 4. The molecule has 0 radical (unpaired) electrons. The minimum absolute atomic E-state index is 0.105. The van der Waals surface area contributed by atoms with Crippen LogP contribution in [-0.2, 0) is 43.4 Å². The Morgan fingerprint density at radius 3 is 2.24 bits per heavy atom. The van der Waals surface area contributed by atoms with Crippen LogP contribution in [0.4, 0.5) is 5.69 Å². The number of amides is 2. The van der Waals surface area contributed by atoms with Gasteiger partial charge < -0.3 is 15.2 Å². The molecule has 236 valence electrons. The molecule has 2 atom stereocenters. The van der Waals surface area contributed by atoms with Crippen LogP contribution in [0.15, 0.2) is 84.9 Å². The lowest BCUT2D eigenvalue weighted by Crippen LogP contribution is -2.50. The molecule has 2 N–H and O–H groups in total. The van der Waals surface area contributed by atoms with Gasteiger partial charge in [0.25, 0.3) is 0 Å². The number of hydrogen-bond donors (Lipinski definition) is 2. The minimum Gasteiger partial charge on any atom is -0.481 e. The average molecular weight is 611 g/mol. The van der Waals surface area contributed by atoms with E-state index in [1.165, 1.54) is 4.90 Å². The first kappa shape index (κ1) is 31.9. The lowest BCUT2D eigenvalue weighted by atomic mass is 9.73. The van der Waals surface area contributed by atoms with E-state index in [1.54, 1.807) is 0 Å². The molecular formula is C37H42N2O6. The van der Waals surface area contributed by atoms with Gasteiger partial charge in [0, 0.05) is 12.1 Å². The second-order valence-electron chi connectivity index (χ2n) is 12.5. The highest BCUT2D eigenvalue weighted by atomic mass is 16.5. The zero-order valence-corrected chi connectivity index (χ0v) is 25.7. The van der Waals surface area contributed by atoms with Gasteiger partial charge in [0.05, 0.1) is 5.92 Å². The number of aliphatic carboxylic acids is 1. The number of carboxylic acid groups (broad SMARTS) is 1. The van der Waals surface area contributed by atoms with Gasteiger partial charge in [0.15, 0.2) is 0 Å². The molecule has 0 spiro atoms. The minimum atomic E-state index is -0.830. The fourth-order valence-corrected chi connectivity index (χ4v) is 6.91. The van der Waals surface area contributed by atoms with Crippen LogP contribution in [0.1, 0.15) is 68.1 Å². The first-order valence-electron chi connectivity index (χ1n) is 16.0. The third-order valence-electron chi connectivity index (χ3n) is 9.27. The molecule has 8 heteroatoms. The van der Waals surface area contributed by atoms with Gasteiger partial charge in [-0.25, -0.2) is 0 Å². The summed E-state index contributed by atoms with van der Waals surface area (Å²) in [6, 6.07) is 25.9. The molecule has 3 aromatic rings. The number of ether oxygens (including phenoxy) is 1. The van der Waals surface area contributed by atoms with Crippen LogP contribution in [-0.4, -0.2) is 41.4 Å². The van der Waals surface area contributed by atoms with Gasteiger partial charge in [-0.05, 0) is 73.1 Å². The van der Waals surface area contributed by atoms with Crippen molar-refractivity contribution in [3.05, 3.63) is 102 Å². The number of nitrogens with zero attached hydrogens (tertiary/aromatic N) is 1. The second kappa shape index (κ2) is 15.0. The Morgan fingerprint density at radius 2 is 1.56 bits per heavy atom. The molecule has 1 heterocycles. The molecule has 8 nitrogen and oxygen atoms in total. The number of carboxylic acids is 1. The van der Waals surface area contributed by atoms with E-state index in [2.05, 4.69) is 5.32 Å². The predicted molar refractivity (Wildman–Crippen MR) is 171 cm³/mol. The topological polar surface area (TPSA) is 113 Å². The number of hydrogen-bond acceptors (Lipinski definition) is 5. The number of carbonyl (C=O) groups excluding carboxylic acids is 3. The highest BCUT2D eigenvalue weighted by Crippen LogP contribution is 2.46. The second-order valence-corrected chi connectivity index (χ2v) is 12.5. The number of para-hydroxylation sites is 1. The monoisotopic (exact) mass is 610 g/mol. The summed E-state index contributed by atoms with van der Waals surface area (Å²) in [5.41, 5.74) is 3.11. The SMILES string of the molecule is O=C(CC1(CC(CCc2ccccc2)C(=O)O)CCCC1)NC1CCc2ccccc2N(CC(=O)OCc2ccccc2)C1=O. The van der Waals surface area contributed by atoms with E-state index in [4.69, 9.17) is 4.74 Å². The van der Waals surface area contributed by atoms with Crippen molar-refractivity contribution in [2.75, 3.05) is 11.4 Å². The lowest BCUT2D eigenvalue weighted by Gasteiger charge is -2.32. The summed E-state index contributed by atoms with van der Waals surface area (Å²) < 4.78 is 5.49. The molecule has 2 amide bonds.